The summed E-state index contributed by atoms with van der Waals surface area (Å²) < 4.78 is 60.4. The third kappa shape index (κ3) is 7.88. The van der Waals surface area contributed by atoms with Crippen LogP contribution in [-0.4, -0.2) is 74.0 Å². The van der Waals surface area contributed by atoms with Gasteiger partial charge in [-0.05, 0) is 44.2 Å². The molecule has 0 radical (unpaired) electrons. The van der Waals surface area contributed by atoms with Crippen molar-refractivity contribution in [3.63, 3.8) is 0 Å². The molecule has 0 spiro atoms. The number of alkyl halides is 3. The smallest absolute Gasteiger partial charge is 0.475 e. The van der Waals surface area contributed by atoms with Gasteiger partial charge in [-0.1, -0.05) is 11.6 Å². The van der Waals surface area contributed by atoms with Gasteiger partial charge in [0.25, 0.3) is 5.09 Å². The number of carbonyl (C=O) groups excluding carboxylic acids is 2. The van der Waals surface area contributed by atoms with Crippen molar-refractivity contribution in [2.24, 2.45) is 0 Å². The summed E-state index contributed by atoms with van der Waals surface area (Å²) in [4.78, 5) is 40.2. The fourth-order valence-electron chi connectivity index (χ4n) is 3.12. The van der Waals surface area contributed by atoms with Gasteiger partial charge in [-0.15, -0.1) is 10.1 Å². The van der Waals surface area contributed by atoms with E-state index in [1.807, 2.05) is 0 Å². The Balaban J connectivity index is 1.99. The van der Waals surface area contributed by atoms with Crippen LogP contribution in [-0.2, 0) is 23.8 Å². The normalized spacial score (nSPS) is 15.8. The van der Waals surface area contributed by atoms with Crippen molar-refractivity contribution in [1.82, 2.24) is 4.90 Å². The maximum absolute atomic E-state index is 13.6. The average molecular weight is 541 g/mol. The van der Waals surface area contributed by atoms with Crippen LogP contribution in [0.2, 0.25) is 5.02 Å². The first kappa shape index (κ1) is 29.0. The van der Waals surface area contributed by atoms with Crippen LogP contribution in [0.3, 0.4) is 0 Å². The second-order valence-corrected chi connectivity index (χ2v) is 8.11. The van der Waals surface area contributed by atoms with Crippen LogP contribution in [0.5, 0.6) is 5.75 Å². The molecule has 0 fully saturated rings. The highest BCUT2D eigenvalue weighted by molar-refractivity contribution is 6.32. The highest BCUT2D eigenvalue weighted by Gasteiger charge is 2.49. The summed E-state index contributed by atoms with van der Waals surface area (Å²) in [5.41, 5.74) is 0.268. The van der Waals surface area contributed by atoms with Gasteiger partial charge in [-0.2, -0.15) is 13.2 Å². The Hall–Kier alpha value is -3.26. The Labute approximate surface area is 208 Å². The second kappa shape index (κ2) is 12.1. The van der Waals surface area contributed by atoms with Crippen LogP contribution >= 0.6 is 11.6 Å². The predicted molar refractivity (Wildman–Crippen MR) is 118 cm³/mol. The van der Waals surface area contributed by atoms with E-state index in [1.165, 1.54) is 6.07 Å². The number of fused-ring (bicyclic) bond motifs is 1. The van der Waals surface area contributed by atoms with E-state index in [9.17, 15) is 32.9 Å². The lowest BCUT2D eigenvalue weighted by atomic mass is 9.96. The molecule has 1 aliphatic rings. The van der Waals surface area contributed by atoms with Crippen LogP contribution in [0.15, 0.2) is 11.6 Å². The topological polar surface area (TPSA) is 127 Å². The standard InChI is InChI=1S/C21H24ClF3N2O9/c1-11-9-16-14(12(2)17(11)22)10-15(18(36-16)21(23,24)25)19(28)34-13(3)35-20(29)32-7-5-26(4)6-8-33-27(30)31/h9-10,13,18H,5-8H2,1-4H3. The van der Waals surface area contributed by atoms with Crippen LogP contribution < -0.4 is 4.74 Å². The molecule has 1 heterocycles. The number of likely N-dealkylation sites (N-methyl/N-ethyl adjacent to an activating group) is 1. The van der Waals surface area contributed by atoms with E-state index in [0.29, 0.717) is 16.1 Å². The van der Waals surface area contributed by atoms with Gasteiger partial charge in [-0.3, -0.25) is 0 Å². The Kier molecular flexibility index (Phi) is 9.76. The first-order valence-electron chi connectivity index (χ1n) is 10.5. The third-order valence-corrected chi connectivity index (χ3v) is 5.53. The number of hydrogen-bond acceptors (Lipinski definition) is 10. The van der Waals surface area contributed by atoms with E-state index in [4.69, 9.17) is 30.5 Å². The molecule has 11 nitrogen and oxygen atoms in total. The number of halogens is 4. The minimum atomic E-state index is -4.94. The minimum Gasteiger partial charge on any atom is -0.475 e. The molecule has 2 atom stereocenters. The number of rotatable bonds is 10. The quantitative estimate of drug-likeness (QED) is 0.187. The molecule has 15 heteroatoms. The zero-order valence-electron chi connectivity index (χ0n) is 19.7. The average Bonchev–Trinajstić information content (AvgIpc) is 2.75. The van der Waals surface area contributed by atoms with Crippen molar-refractivity contribution < 1.29 is 51.6 Å². The third-order valence-electron chi connectivity index (χ3n) is 4.95. The Bertz CT molecular complexity index is 1030. The molecule has 2 rings (SSSR count). The molecular formula is C21H24ClF3N2O9. The lowest BCUT2D eigenvalue weighted by molar-refractivity contribution is -0.757. The Morgan fingerprint density at radius 2 is 1.89 bits per heavy atom. The van der Waals surface area contributed by atoms with Crippen molar-refractivity contribution in [2.45, 2.75) is 39.3 Å². The van der Waals surface area contributed by atoms with E-state index in [1.54, 1.807) is 25.8 Å². The van der Waals surface area contributed by atoms with Crippen molar-refractivity contribution >= 4 is 29.8 Å². The minimum absolute atomic E-state index is 0.0870. The summed E-state index contributed by atoms with van der Waals surface area (Å²) >= 11 is 6.18. The Morgan fingerprint density at radius 1 is 1.25 bits per heavy atom. The number of carbonyl (C=O) groups is 2. The zero-order chi connectivity index (χ0) is 27.2. The van der Waals surface area contributed by atoms with E-state index < -0.39 is 41.4 Å². The molecule has 1 aliphatic heterocycles. The highest BCUT2D eigenvalue weighted by Crippen LogP contribution is 2.41. The second-order valence-electron chi connectivity index (χ2n) is 7.73. The van der Waals surface area contributed by atoms with Gasteiger partial charge in [0, 0.05) is 30.6 Å². The molecule has 1 aromatic rings. The molecule has 0 aliphatic carbocycles. The van der Waals surface area contributed by atoms with Gasteiger partial charge in [0.2, 0.25) is 12.4 Å². The van der Waals surface area contributed by atoms with Gasteiger partial charge < -0.3 is 28.7 Å². The maximum atomic E-state index is 13.6. The number of ether oxygens (including phenoxy) is 4. The summed E-state index contributed by atoms with van der Waals surface area (Å²) in [5.74, 6) is -1.50. The van der Waals surface area contributed by atoms with Crippen LogP contribution in [0, 0.1) is 24.0 Å². The summed E-state index contributed by atoms with van der Waals surface area (Å²) in [6.07, 6.45) is -9.38. The van der Waals surface area contributed by atoms with E-state index in [-0.39, 0.29) is 37.6 Å². The van der Waals surface area contributed by atoms with Crippen LogP contribution in [0.1, 0.15) is 23.6 Å². The molecular weight excluding hydrogens is 517 g/mol. The Morgan fingerprint density at radius 3 is 2.50 bits per heavy atom. The first-order valence-corrected chi connectivity index (χ1v) is 10.8. The highest BCUT2D eigenvalue weighted by atomic mass is 35.5. The van der Waals surface area contributed by atoms with Gasteiger partial charge in [0.05, 0.1) is 5.57 Å². The molecule has 200 valence electrons. The van der Waals surface area contributed by atoms with E-state index >= 15 is 0 Å². The predicted octanol–water partition coefficient (Wildman–Crippen LogP) is 3.85. The SMILES string of the molecule is Cc1cc2c(c(C)c1Cl)C=C(C(=O)OC(C)OC(=O)OCCN(C)CCO[N+](=O)[O-])C(C(F)(F)F)O2. The molecule has 0 saturated carbocycles. The monoisotopic (exact) mass is 540 g/mol. The van der Waals surface area contributed by atoms with Crippen molar-refractivity contribution in [3.8, 4) is 5.75 Å². The summed E-state index contributed by atoms with van der Waals surface area (Å²) in [6.45, 7) is 4.28. The number of aryl methyl sites for hydroxylation is 1. The molecule has 0 amide bonds. The van der Waals surface area contributed by atoms with Crippen LogP contribution in [0.4, 0.5) is 18.0 Å². The largest absolute Gasteiger partial charge is 0.511 e. The van der Waals surface area contributed by atoms with E-state index in [0.717, 1.165) is 13.0 Å². The van der Waals surface area contributed by atoms with Crippen LogP contribution in [0.25, 0.3) is 6.08 Å². The fourth-order valence-corrected chi connectivity index (χ4v) is 3.28. The molecule has 36 heavy (non-hydrogen) atoms. The molecule has 1 aromatic carbocycles. The molecule has 0 saturated heterocycles. The summed E-state index contributed by atoms with van der Waals surface area (Å²) in [5, 5.41) is 9.47. The van der Waals surface area contributed by atoms with Crippen molar-refractivity contribution in [1.29, 1.82) is 0 Å². The lowest BCUT2D eigenvalue weighted by Crippen LogP contribution is -2.41. The lowest BCUT2D eigenvalue weighted by Gasteiger charge is -2.29. The molecule has 2 unspecified atom stereocenters. The van der Waals surface area contributed by atoms with Gasteiger partial charge in [-0.25, -0.2) is 9.59 Å². The number of nitrogens with zero attached hydrogens (tertiary/aromatic N) is 2. The molecule has 0 N–H and O–H groups in total. The fraction of sp³-hybridized carbons (Fsp3) is 0.524. The van der Waals surface area contributed by atoms with Crippen molar-refractivity contribution in [3.05, 3.63) is 43.5 Å². The zero-order valence-corrected chi connectivity index (χ0v) is 20.5. The first-order chi connectivity index (χ1) is 16.7. The van der Waals surface area contributed by atoms with E-state index in [2.05, 4.69) is 4.84 Å². The summed E-state index contributed by atoms with van der Waals surface area (Å²) in [7, 11) is 1.59. The van der Waals surface area contributed by atoms with Gasteiger partial charge in [0.15, 0.2) is 0 Å². The van der Waals surface area contributed by atoms with Gasteiger partial charge in [0.1, 0.15) is 19.0 Å². The number of hydrogen-bond donors (Lipinski definition) is 0. The molecule has 0 bridgehead atoms. The maximum Gasteiger partial charge on any atom is 0.511 e. The van der Waals surface area contributed by atoms with Gasteiger partial charge >= 0.3 is 18.3 Å². The number of benzene rings is 1. The van der Waals surface area contributed by atoms with Crippen molar-refractivity contribution in [2.75, 3.05) is 33.4 Å². The molecule has 0 aromatic heterocycles. The number of esters is 1. The summed E-state index contributed by atoms with van der Waals surface area (Å²) in [6, 6.07) is 1.34.